The van der Waals surface area contributed by atoms with E-state index in [2.05, 4.69) is 30.4 Å². The van der Waals surface area contributed by atoms with Gasteiger partial charge in [-0.05, 0) is 55.3 Å². The van der Waals surface area contributed by atoms with Crippen molar-refractivity contribution in [1.29, 1.82) is 0 Å². The predicted molar refractivity (Wildman–Crippen MR) is 124 cm³/mol. The van der Waals surface area contributed by atoms with Gasteiger partial charge in [-0.3, -0.25) is 9.59 Å². The van der Waals surface area contributed by atoms with Gasteiger partial charge in [0, 0.05) is 37.1 Å². The molecule has 6 nitrogen and oxygen atoms in total. The van der Waals surface area contributed by atoms with Gasteiger partial charge in [0.1, 0.15) is 17.2 Å². The van der Waals surface area contributed by atoms with E-state index in [1.54, 1.807) is 50.6 Å². The highest BCUT2D eigenvalue weighted by atomic mass is 16.5. The molecule has 1 heterocycles. The Hall–Kier alpha value is -3.80. The molecule has 0 spiro atoms. The zero-order valence-electron chi connectivity index (χ0n) is 17.8. The topological polar surface area (TPSA) is 72.4 Å². The molecule has 2 rings (SSSR count). The highest BCUT2D eigenvalue weighted by molar-refractivity contribution is 5.99. The lowest BCUT2D eigenvalue weighted by Crippen LogP contribution is -2.19. The number of aryl methyl sites for hydroxylation is 1. The Kier molecular flexibility index (Phi) is 7.20. The van der Waals surface area contributed by atoms with Crippen molar-refractivity contribution in [2.45, 2.75) is 13.8 Å². The number of carbonyl (C=O) groups excluding carboxylic acids is 1. The van der Waals surface area contributed by atoms with E-state index < -0.39 is 0 Å². The number of aromatic nitrogens is 1. The summed E-state index contributed by atoms with van der Waals surface area (Å²) in [5, 5.41) is 5.67. The molecule has 1 aromatic heterocycles. The molecule has 0 aliphatic carbocycles. The first kappa shape index (κ1) is 22.5. The molecule has 0 bridgehead atoms. The molecule has 1 amide bonds. The van der Waals surface area contributed by atoms with Crippen LogP contribution in [0.25, 0.3) is 11.1 Å². The maximum atomic E-state index is 12.3. The smallest absolute Gasteiger partial charge is 0.273 e. The number of hydrogen-bond donors (Lipinski definition) is 2. The van der Waals surface area contributed by atoms with Crippen molar-refractivity contribution in [3.63, 3.8) is 0 Å². The molecule has 156 valence electrons. The van der Waals surface area contributed by atoms with Gasteiger partial charge in [-0.2, -0.15) is 0 Å². The van der Waals surface area contributed by atoms with Gasteiger partial charge in [-0.25, -0.2) is 0 Å². The Labute approximate surface area is 176 Å². The number of benzene rings is 1. The molecule has 0 aliphatic heterocycles. The van der Waals surface area contributed by atoms with Crippen LogP contribution in [0.3, 0.4) is 0 Å². The van der Waals surface area contributed by atoms with E-state index in [1.165, 1.54) is 10.6 Å². The molecule has 0 atom stereocenters. The van der Waals surface area contributed by atoms with Gasteiger partial charge in [0.25, 0.3) is 5.56 Å². The van der Waals surface area contributed by atoms with Crippen molar-refractivity contribution in [2.24, 2.45) is 7.05 Å². The number of nitrogens with one attached hydrogen (secondary N) is 2. The summed E-state index contributed by atoms with van der Waals surface area (Å²) in [6.45, 7) is 15.0. The first-order valence-corrected chi connectivity index (χ1v) is 9.35. The van der Waals surface area contributed by atoms with Crippen LogP contribution < -0.4 is 20.9 Å². The second-order valence-electron chi connectivity index (χ2n) is 6.81. The van der Waals surface area contributed by atoms with Crippen LogP contribution in [-0.2, 0) is 11.8 Å². The molecule has 1 aromatic carbocycles. The van der Waals surface area contributed by atoms with Crippen LogP contribution in [0.15, 0.2) is 84.1 Å². The minimum atomic E-state index is -0.323. The number of rotatable bonds is 8. The van der Waals surface area contributed by atoms with E-state index in [0.717, 1.165) is 16.7 Å². The van der Waals surface area contributed by atoms with Gasteiger partial charge in [0.2, 0.25) is 5.91 Å². The van der Waals surface area contributed by atoms with E-state index in [-0.39, 0.29) is 11.5 Å². The highest BCUT2D eigenvalue weighted by Crippen LogP contribution is 2.35. The lowest BCUT2D eigenvalue weighted by Gasteiger charge is -2.18. The van der Waals surface area contributed by atoms with Gasteiger partial charge < -0.3 is 19.9 Å². The average molecular weight is 405 g/mol. The van der Waals surface area contributed by atoms with Crippen LogP contribution >= 0.6 is 0 Å². The molecule has 2 aromatic rings. The van der Waals surface area contributed by atoms with Crippen molar-refractivity contribution < 1.29 is 9.53 Å². The van der Waals surface area contributed by atoms with Crippen LogP contribution in [0.2, 0.25) is 0 Å². The zero-order chi connectivity index (χ0) is 22.4. The van der Waals surface area contributed by atoms with Crippen LogP contribution in [0.1, 0.15) is 13.8 Å². The number of ether oxygens (including phenoxy) is 1. The van der Waals surface area contributed by atoms with Gasteiger partial charge >= 0.3 is 0 Å². The summed E-state index contributed by atoms with van der Waals surface area (Å²) < 4.78 is 7.70. The third kappa shape index (κ3) is 4.97. The molecule has 0 aliphatic rings. The molecule has 0 unspecified atom stereocenters. The van der Waals surface area contributed by atoms with E-state index in [9.17, 15) is 9.59 Å². The number of hydrogen-bond acceptors (Lipinski definition) is 4. The minimum Gasteiger partial charge on any atom is -0.456 e. The third-order valence-electron chi connectivity index (χ3n) is 4.46. The van der Waals surface area contributed by atoms with E-state index >= 15 is 0 Å². The fourth-order valence-corrected chi connectivity index (χ4v) is 2.86. The van der Waals surface area contributed by atoms with Crippen LogP contribution in [0.4, 0.5) is 11.4 Å². The Balaban J connectivity index is 2.72. The number of amides is 1. The van der Waals surface area contributed by atoms with Crippen LogP contribution in [-0.4, -0.2) is 17.5 Å². The van der Waals surface area contributed by atoms with Crippen molar-refractivity contribution in [3.8, 4) is 16.9 Å². The van der Waals surface area contributed by atoms with Gasteiger partial charge in [-0.15, -0.1) is 0 Å². The third-order valence-corrected chi connectivity index (χ3v) is 4.46. The first-order valence-electron chi connectivity index (χ1n) is 9.35. The summed E-state index contributed by atoms with van der Waals surface area (Å²) in [5.41, 5.74) is 3.89. The summed E-state index contributed by atoms with van der Waals surface area (Å²) in [7, 11) is 3.37. The highest BCUT2D eigenvalue weighted by Gasteiger charge is 2.15. The molecule has 6 heteroatoms. The second-order valence-corrected chi connectivity index (χ2v) is 6.81. The normalized spacial score (nSPS) is 11.2. The maximum Gasteiger partial charge on any atom is 0.273 e. The standard InChI is InChI=1S/C24H27N3O3/c1-8-16(5)23(15(3)4)30-21-11-10-18(26-22(28)9-2)13-19(21)17-12-20(25-6)24(29)27(7)14-17/h8-14,25H,1-3H2,4-7H3,(H,26,28)/b23-16+. The molecule has 2 N–H and O–H groups in total. The maximum absolute atomic E-state index is 12.3. The SMILES string of the molecule is C=CC(=O)Nc1ccc(O/C(C(=C)C)=C(\C)C=C)c(-c2cc(NC)c(=O)n(C)c2)c1. The predicted octanol–water partition coefficient (Wildman–Crippen LogP) is 4.63. The molecule has 0 radical (unpaired) electrons. The largest absolute Gasteiger partial charge is 0.456 e. The Morgan fingerprint density at radius 2 is 1.87 bits per heavy atom. The summed E-state index contributed by atoms with van der Waals surface area (Å²) in [6.07, 6.45) is 4.62. The fraction of sp³-hybridized carbons (Fsp3) is 0.167. The lowest BCUT2D eigenvalue weighted by atomic mass is 10.0. The van der Waals surface area contributed by atoms with E-state index in [1.807, 2.05) is 13.8 Å². The second kappa shape index (κ2) is 9.60. The number of nitrogens with zero attached hydrogens (tertiary/aromatic N) is 1. The molecular formula is C24H27N3O3. The fourth-order valence-electron chi connectivity index (χ4n) is 2.86. The van der Waals surface area contributed by atoms with Crippen molar-refractivity contribution in [1.82, 2.24) is 4.57 Å². The Morgan fingerprint density at radius 1 is 1.17 bits per heavy atom. The van der Waals surface area contributed by atoms with Gasteiger partial charge in [0.05, 0.1) is 0 Å². The lowest BCUT2D eigenvalue weighted by molar-refractivity contribution is -0.111. The summed E-state index contributed by atoms with van der Waals surface area (Å²) >= 11 is 0. The molecule has 30 heavy (non-hydrogen) atoms. The average Bonchev–Trinajstić information content (AvgIpc) is 2.73. The zero-order valence-corrected chi connectivity index (χ0v) is 17.8. The van der Waals surface area contributed by atoms with Crippen molar-refractivity contribution in [2.75, 3.05) is 17.7 Å². The van der Waals surface area contributed by atoms with Crippen LogP contribution in [0.5, 0.6) is 5.75 Å². The Bertz CT molecular complexity index is 1110. The van der Waals surface area contributed by atoms with Crippen LogP contribution in [0, 0.1) is 0 Å². The summed E-state index contributed by atoms with van der Waals surface area (Å²) in [5.74, 6) is 0.829. The van der Waals surface area contributed by atoms with E-state index in [4.69, 9.17) is 4.74 Å². The Morgan fingerprint density at radius 3 is 2.43 bits per heavy atom. The number of pyridine rings is 1. The quantitative estimate of drug-likeness (QED) is 0.381. The number of anilines is 2. The number of carbonyl (C=O) groups is 1. The summed E-state index contributed by atoms with van der Waals surface area (Å²) in [4.78, 5) is 24.0. The minimum absolute atomic E-state index is 0.148. The van der Waals surface area contributed by atoms with E-state index in [0.29, 0.717) is 28.4 Å². The first-order chi connectivity index (χ1) is 14.2. The van der Waals surface area contributed by atoms with Crippen molar-refractivity contribution in [3.05, 3.63) is 89.6 Å². The van der Waals surface area contributed by atoms with Gasteiger partial charge in [-0.1, -0.05) is 25.8 Å². The number of allylic oxidation sites excluding steroid dienone is 3. The monoisotopic (exact) mass is 405 g/mol. The molecule has 0 saturated carbocycles. The molecular weight excluding hydrogens is 378 g/mol. The van der Waals surface area contributed by atoms with Crippen molar-refractivity contribution >= 4 is 17.3 Å². The summed E-state index contributed by atoms with van der Waals surface area (Å²) in [6, 6.07) is 7.03. The molecule has 0 saturated heterocycles. The van der Waals surface area contributed by atoms with Gasteiger partial charge in [0.15, 0.2) is 0 Å². The molecule has 0 fully saturated rings.